The Labute approximate surface area is 80.6 Å². The van der Waals surface area contributed by atoms with Crippen molar-refractivity contribution in [2.45, 2.75) is 6.92 Å². The van der Waals surface area contributed by atoms with Gasteiger partial charge in [-0.05, 0) is 23.9 Å². The highest BCUT2D eigenvalue weighted by Gasteiger charge is 2.02. The number of rotatable bonds is 0. The number of aryl methyl sites for hydroxylation is 1. The first kappa shape index (κ1) is 8.52. The van der Waals surface area contributed by atoms with Crippen molar-refractivity contribution in [1.82, 2.24) is 4.98 Å². The summed E-state index contributed by atoms with van der Waals surface area (Å²) in [6, 6.07) is 9.17. The third-order valence-electron chi connectivity index (χ3n) is 2.21. The van der Waals surface area contributed by atoms with Gasteiger partial charge in [0.05, 0.1) is 5.52 Å². The number of fused-ring (bicyclic) bond motifs is 1. The Bertz CT molecular complexity index is 590. The molecular formula is C11H8N2O. The van der Waals surface area contributed by atoms with Gasteiger partial charge in [0.2, 0.25) is 0 Å². The molecule has 0 saturated carbocycles. The summed E-state index contributed by atoms with van der Waals surface area (Å²) in [4.78, 5) is 14.0. The fraction of sp³-hybridized carbons (Fsp3) is 0.0909. The van der Waals surface area contributed by atoms with E-state index < -0.39 is 0 Å². The van der Waals surface area contributed by atoms with E-state index in [-0.39, 0.29) is 11.1 Å². The van der Waals surface area contributed by atoms with Gasteiger partial charge in [-0.3, -0.25) is 4.79 Å². The van der Waals surface area contributed by atoms with Crippen LogP contribution in [0.4, 0.5) is 0 Å². The van der Waals surface area contributed by atoms with Crippen LogP contribution in [-0.4, -0.2) is 4.98 Å². The normalized spacial score (nSPS) is 10.0. The van der Waals surface area contributed by atoms with Gasteiger partial charge in [-0.2, -0.15) is 5.26 Å². The summed E-state index contributed by atoms with van der Waals surface area (Å²) < 4.78 is 0. The van der Waals surface area contributed by atoms with Gasteiger partial charge in [0.1, 0.15) is 11.6 Å². The van der Waals surface area contributed by atoms with Crippen molar-refractivity contribution < 1.29 is 0 Å². The fourth-order valence-corrected chi connectivity index (χ4v) is 1.47. The highest BCUT2D eigenvalue weighted by molar-refractivity contribution is 5.82. The molecule has 0 amide bonds. The third-order valence-corrected chi connectivity index (χ3v) is 2.21. The molecule has 1 heterocycles. The first-order chi connectivity index (χ1) is 6.72. The van der Waals surface area contributed by atoms with Crippen LogP contribution in [0.3, 0.4) is 0 Å². The standard InChI is InChI=1S/C11H8N2O/c1-7-3-2-4-8-5-9(6-12)11(14)13-10(7)8/h2-5H,1H3,(H,13,14). The van der Waals surface area contributed by atoms with Crippen LogP contribution in [0.15, 0.2) is 29.1 Å². The molecule has 0 spiro atoms. The van der Waals surface area contributed by atoms with Gasteiger partial charge in [0.25, 0.3) is 5.56 Å². The van der Waals surface area contributed by atoms with Gasteiger partial charge in [-0.15, -0.1) is 0 Å². The number of hydrogen-bond acceptors (Lipinski definition) is 2. The van der Waals surface area contributed by atoms with E-state index >= 15 is 0 Å². The third kappa shape index (κ3) is 1.17. The van der Waals surface area contributed by atoms with Crippen molar-refractivity contribution in [3.05, 3.63) is 45.7 Å². The molecule has 1 N–H and O–H groups in total. The zero-order valence-electron chi connectivity index (χ0n) is 7.66. The number of pyridine rings is 1. The average molecular weight is 184 g/mol. The molecule has 0 aliphatic rings. The molecule has 0 aliphatic carbocycles. The van der Waals surface area contributed by atoms with Crippen molar-refractivity contribution in [3.8, 4) is 6.07 Å². The van der Waals surface area contributed by atoms with Gasteiger partial charge in [-0.25, -0.2) is 0 Å². The van der Waals surface area contributed by atoms with Crippen LogP contribution in [0.2, 0.25) is 0 Å². The Balaban J connectivity index is 2.95. The van der Waals surface area contributed by atoms with E-state index in [0.717, 1.165) is 16.5 Å². The lowest BCUT2D eigenvalue weighted by molar-refractivity contribution is 1.26. The van der Waals surface area contributed by atoms with Crippen LogP contribution in [0.1, 0.15) is 11.1 Å². The lowest BCUT2D eigenvalue weighted by atomic mass is 10.1. The number of benzene rings is 1. The van der Waals surface area contributed by atoms with E-state index in [1.54, 1.807) is 6.07 Å². The molecule has 1 aromatic heterocycles. The highest BCUT2D eigenvalue weighted by atomic mass is 16.1. The lowest BCUT2D eigenvalue weighted by Crippen LogP contribution is -2.09. The van der Waals surface area contributed by atoms with Gasteiger partial charge < -0.3 is 4.98 Å². The Morgan fingerprint density at radius 2 is 2.21 bits per heavy atom. The highest BCUT2D eigenvalue weighted by Crippen LogP contribution is 2.14. The summed E-state index contributed by atoms with van der Waals surface area (Å²) in [6.07, 6.45) is 0. The number of nitrogens with one attached hydrogen (secondary N) is 1. The molecule has 14 heavy (non-hydrogen) atoms. The maximum atomic E-state index is 11.3. The molecule has 0 aliphatic heterocycles. The smallest absolute Gasteiger partial charge is 0.266 e. The zero-order valence-corrected chi connectivity index (χ0v) is 7.66. The minimum absolute atomic E-state index is 0.156. The number of nitrogens with zero attached hydrogens (tertiary/aromatic N) is 1. The summed E-state index contributed by atoms with van der Waals surface area (Å²) in [7, 11) is 0. The average Bonchev–Trinajstić information content (AvgIpc) is 2.19. The molecule has 2 aromatic rings. The van der Waals surface area contributed by atoms with Crippen molar-refractivity contribution in [2.75, 3.05) is 0 Å². The predicted octanol–water partition coefficient (Wildman–Crippen LogP) is 1.71. The van der Waals surface area contributed by atoms with E-state index in [4.69, 9.17) is 5.26 Å². The van der Waals surface area contributed by atoms with Crippen molar-refractivity contribution in [2.24, 2.45) is 0 Å². The minimum atomic E-state index is -0.325. The second kappa shape index (κ2) is 3.00. The first-order valence-electron chi connectivity index (χ1n) is 4.25. The van der Waals surface area contributed by atoms with E-state index in [0.29, 0.717) is 0 Å². The SMILES string of the molecule is Cc1cccc2cc(C#N)c(=O)[nH]c12. The minimum Gasteiger partial charge on any atom is -0.321 e. The Morgan fingerprint density at radius 3 is 2.93 bits per heavy atom. The summed E-state index contributed by atoms with van der Waals surface area (Å²) in [6.45, 7) is 1.92. The number of aromatic amines is 1. The number of para-hydroxylation sites is 1. The van der Waals surface area contributed by atoms with Gasteiger partial charge >= 0.3 is 0 Å². The molecule has 0 unspecified atom stereocenters. The molecule has 0 fully saturated rings. The molecule has 3 nitrogen and oxygen atoms in total. The molecule has 0 radical (unpaired) electrons. The number of H-pyrrole nitrogens is 1. The van der Waals surface area contributed by atoms with Crippen LogP contribution < -0.4 is 5.56 Å². The topological polar surface area (TPSA) is 56.6 Å². The summed E-state index contributed by atoms with van der Waals surface area (Å²) in [5.41, 5.74) is 1.64. The van der Waals surface area contributed by atoms with E-state index in [1.807, 2.05) is 31.2 Å². The fourth-order valence-electron chi connectivity index (χ4n) is 1.47. The maximum Gasteiger partial charge on any atom is 0.266 e. The van der Waals surface area contributed by atoms with E-state index in [1.165, 1.54) is 0 Å². The van der Waals surface area contributed by atoms with Crippen LogP contribution in [0.5, 0.6) is 0 Å². The quantitative estimate of drug-likeness (QED) is 0.677. The monoisotopic (exact) mass is 184 g/mol. The summed E-state index contributed by atoms with van der Waals surface area (Å²) >= 11 is 0. The Morgan fingerprint density at radius 1 is 1.43 bits per heavy atom. The van der Waals surface area contributed by atoms with Crippen molar-refractivity contribution >= 4 is 10.9 Å². The van der Waals surface area contributed by atoms with Crippen LogP contribution in [0, 0.1) is 18.3 Å². The van der Waals surface area contributed by atoms with Crippen molar-refractivity contribution in [3.63, 3.8) is 0 Å². The largest absolute Gasteiger partial charge is 0.321 e. The van der Waals surface area contributed by atoms with Crippen LogP contribution >= 0.6 is 0 Å². The Hall–Kier alpha value is -2.08. The zero-order chi connectivity index (χ0) is 10.1. The van der Waals surface area contributed by atoms with Gasteiger partial charge in [-0.1, -0.05) is 18.2 Å². The molecule has 0 saturated heterocycles. The number of nitriles is 1. The molecule has 1 aromatic carbocycles. The Kier molecular flexibility index (Phi) is 1.83. The summed E-state index contributed by atoms with van der Waals surface area (Å²) in [5.74, 6) is 0. The molecular weight excluding hydrogens is 176 g/mol. The van der Waals surface area contributed by atoms with Crippen LogP contribution in [-0.2, 0) is 0 Å². The molecule has 0 bridgehead atoms. The second-order valence-electron chi connectivity index (χ2n) is 3.16. The number of hydrogen-bond donors (Lipinski definition) is 1. The molecule has 0 atom stereocenters. The number of aromatic nitrogens is 1. The van der Waals surface area contributed by atoms with Gasteiger partial charge in [0.15, 0.2) is 0 Å². The maximum absolute atomic E-state index is 11.3. The summed E-state index contributed by atoms with van der Waals surface area (Å²) in [5, 5.41) is 9.57. The van der Waals surface area contributed by atoms with Crippen molar-refractivity contribution in [1.29, 1.82) is 5.26 Å². The molecule has 2 rings (SSSR count). The van der Waals surface area contributed by atoms with E-state index in [2.05, 4.69) is 4.98 Å². The molecule has 68 valence electrons. The van der Waals surface area contributed by atoms with E-state index in [9.17, 15) is 4.79 Å². The van der Waals surface area contributed by atoms with Gasteiger partial charge in [0, 0.05) is 0 Å². The second-order valence-corrected chi connectivity index (χ2v) is 3.16. The molecule has 3 heteroatoms. The first-order valence-corrected chi connectivity index (χ1v) is 4.25. The van der Waals surface area contributed by atoms with Crippen LogP contribution in [0.25, 0.3) is 10.9 Å². The predicted molar refractivity (Wildman–Crippen MR) is 54.0 cm³/mol. The lowest BCUT2D eigenvalue weighted by Gasteiger charge is -2.00.